The Balaban J connectivity index is 2.44. The van der Waals surface area contributed by atoms with Crippen LogP contribution in [0.2, 0.25) is 0 Å². The maximum absolute atomic E-state index is 10.9. The van der Waals surface area contributed by atoms with Crippen molar-refractivity contribution < 1.29 is 19.7 Å². The van der Waals surface area contributed by atoms with Crippen molar-refractivity contribution in [3.05, 3.63) is 56.7 Å². The highest BCUT2D eigenvalue weighted by molar-refractivity contribution is 14.1. The molecule has 24 heavy (non-hydrogen) atoms. The molecule has 6 heteroatoms. The summed E-state index contributed by atoms with van der Waals surface area (Å²) in [7, 11) is 0. The molecular weight excluding hydrogens is 421 g/mol. The van der Waals surface area contributed by atoms with Crippen LogP contribution in [0.4, 0.5) is 0 Å². The number of carbonyl (C=O) groups is 1. The Labute approximate surface area is 153 Å². The van der Waals surface area contributed by atoms with E-state index in [2.05, 4.69) is 6.07 Å². The molecule has 0 spiro atoms. The van der Waals surface area contributed by atoms with Gasteiger partial charge in [-0.2, -0.15) is 5.26 Å². The van der Waals surface area contributed by atoms with Crippen molar-refractivity contribution in [1.82, 2.24) is 0 Å². The fourth-order valence-corrected chi connectivity index (χ4v) is 2.71. The van der Waals surface area contributed by atoms with Gasteiger partial charge in [-0.15, -0.1) is 0 Å². The molecule has 0 aliphatic rings. The van der Waals surface area contributed by atoms with Crippen molar-refractivity contribution in [2.75, 3.05) is 6.61 Å². The zero-order valence-electron chi connectivity index (χ0n) is 12.8. The molecule has 2 aromatic carbocycles. The molecule has 5 nitrogen and oxygen atoms in total. The first-order valence-corrected chi connectivity index (χ1v) is 8.15. The zero-order valence-corrected chi connectivity index (χ0v) is 14.9. The first-order chi connectivity index (χ1) is 11.5. The third kappa shape index (κ3) is 4.06. The highest BCUT2D eigenvalue weighted by Crippen LogP contribution is 2.34. The number of halogens is 1. The summed E-state index contributed by atoms with van der Waals surface area (Å²) >= 11 is 1.99. The number of carboxylic acid groups (broad SMARTS) is 1. The maximum atomic E-state index is 10.9. The van der Waals surface area contributed by atoms with Gasteiger partial charge in [0, 0.05) is 0 Å². The molecular formula is C18H14INO4. The van der Waals surface area contributed by atoms with Gasteiger partial charge in [-0.05, 0) is 71.0 Å². The summed E-state index contributed by atoms with van der Waals surface area (Å²) in [4.78, 5) is 10.9. The minimum atomic E-state index is -1.02. The number of ether oxygens (including phenoxy) is 1. The summed E-state index contributed by atoms with van der Waals surface area (Å²) in [6.45, 7) is 2.23. The Kier molecular flexibility index (Phi) is 5.82. The number of rotatable bonds is 5. The highest BCUT2D eigenvalue weighted by atomic mass is 127. The van der Waals surface area contributed by atoms with Crippen molar-refractivity contribution in [2.24, 2.45) is 0 Å². The second-order valence-electron chi connectivity index (χ2n) is 4.83. The lowest BCUT2D eigenvalue weighted by Gasteiger charge is -2.09. The normalized spacial score (nSPS) is 11.0. The van der Waals surface area contributed by atoms with Crippen LogP contribution in [0.5, 0.6) is 11.5 Å². The number of aromatic hydroxyl groups is 1. The van der Waals surface area contributed by atoms with Gasteiger partial charge < -0.3 is 14.9 Å². The Morgan fingerprint density at radius 2 is 1.92 bits per heavy atom. The third-order valence-corrected chi connectivity index (χ3v) is 4.05. The van der Waals surface area contributed by atoms with E-state index in [9.17, 15) is 15.2 Å². The molecule has 0 saturated carbocycles. The number of hydrogen-bond donors (Lipinski definition) is 2. The fourth-order valence-electron chi connectivity index (χ4n) is 2.08. The molecule has 0 aromatic heterocycles. The van der Waals surface area contributed by atoms with Crippen LogP contribution in [0.3, 0.4) is 0 Å². The van der Waals surface area contributed by atoms with E-state index in [1.54, 1.807) is 30.3 Å². The Bertz CT molecular complexity index is 835. The summed E-state index contributed by atoms with van der Waals surface area (Å²) in [5, 5.41) is 28.3. The topological polar surface area (TPSA) is 90.5 Å². The first-order valence-electron chi connectivity index (χ1n) is 7.07. The van der Waals surface area contributed by atoms with Crippen LogP contribution < -0.4 is 4.74 Å². The molecule has 0 fully saturated rings. The van der Waals surface area contributed by atoms with Crippen LogP contribution in [0.25, 0.3) is 11.6 Å². The summed E-state index contributed by atoms with van der Waals surface area (Å²) in [5.41, 5.74) is 1.87. The minimum Gasteiger partial charge on any atom is -0.504 e. The van der Waals surface area contributed by atoms with Crippen LogP contribution >= 0.6 is 22.6 Å². The van der Waals surface area contributed by atoms with Gasteiger partial charge in [-0.1, -0.05) is 12.1 Å². The number of phenolic OH excluding ortho intramolecular Hbond substituents is 1. The standard InChI is InChI=1S/C18H14INO4/c1-2-24-16-9-11(8-15(19)17(16)21)7-14(10-20)12-3-5-13(6-4-12)18(22)23/h3-9,21H,2H2,1H3,(H,22,23)/b14-7-. The van der Waals surface area contributed by atoms with E-state index in [0.29, 0.717) is 32.6 Å². The van der Waals surface area contributed by atoms with E-state index < -0.39 is 5.97 Å². The quantitative estimate of drug-likeness (QED) is 0.418. The molecule has 0 bridgehead atoms. The van der Waals surface area contributed by atoms with Crippen LogP contribution in [-0.2, 0) is 0 Å². The number of phenols is 1. The zero-order chi connectivity index (χ0) is 17.7. The number of nitrogens with zero attached hydrogens (tertiary/aromatic N) is 1. The van der Waals surface area contributed by atoms with E-state index in [4.69, 9.17) is 9.84 Å². The molecule has 0 saturated heterocycles. The maximum Gasteiger partial charge on any atom is 0.335 e. The van der Waals surface area contributed by atoms with E-state index in [1.165, 1.54) is 12.1 Å². The lowest BCUT2D eigenvalue weighted by atomic mass is 10.0. The smallest absolute Gasteiger partial charge is 0.335 e. The SMILES string of the molecule is CCOc1cc(/C=C(/C#N)c2ccc(C(=O)O)cc2)cc(I)c1O. The summed E-state index contributed by atoms with van der Waals surface area (Å²) in [6.07, 6.45) is 1.67. The highest BCUT2D eigenvalue weighted by Gasteiger charge is 2.10. The van der Waals surface area contributed by atoms with E-state index >= 15 is 0 Å². The number of hydrogen-bond acceptors (Lipinski definition) is 4. The fraction of sp³-hybridized carbons (Fsp3) is 0.111. The van der Waals surface area contributed by atoms with E-state index in [1.807, 2.05) is 29.5 Å². The lowest BCUT2D eigenvalue weighted by molar-refractivity contribution is 0.0697. The molecule has 0 amide bonds. The third-order valence-electron chi connectivity index (χ3n) is 3.22. The molecule has 122 valence electrons. The van der Waals surface area contributed by atoms with Gasteiger partial charge in [0.15, 0.2) is 11.5 Å². The molecule has 0 aliphatic heterocycles. The first kappa shape index (κ1) is 17.8. The second-order valence-corrected chi connectivity index (χ2v) is 6.00. The van der Waals surface area contributed by atoms with Crippen molar-refractivity contribution in [3.63, 3.8) is 0 Å². The van der Waals surface area contributed by atoms with Gasteiger partial charge in [-0.25, -0.2) is 4.79 Å². The van der Waals surface area contributed by atoms with Gasteiger partial charge >= 0.3 is 5.97 Å². The summed E-state index contributed by atoms with van der Waals surface area (Å²) in [6, 6.07) is 11.6. The van der Waals surface area contributed by atoms with Crippen molar-refractivity contribution >= 4 is 40.2 Å². The van der Waals surface area contributed by atoms with E-state index in [-0.39, 0.29) is 11.3 Å². The molecule has 0 heterocycles. The van der Waals surface area contributed by atoms with Gasteiger partial charge in [0.05, 0.1) is 27.4 Å². The Morgan fingerprint density at radius 3 is 2.46 bits per heavy atom. The summed E-state index contributed by atoms with van der Waals surface area (Å²) in [5.74, 6) is -0.591. The number of allylic oxidation sites excluding steroid dienone is 1. The number of nitriles is 1. The van der Waals surface area contributed by atoms with Crippen LogP contribution in [-0.4, -0.2) is 22.8 Å². The average Bonchev–Trinajstić information content (AvgIpc) is 2.57. The van der Waals surface area contributed by atoms with E-state index in [0.717, 1.165) is 0 Å². The Hall–Kier alpha value is -2.53. The molecule has 2 N–H and O–H groups in total. The van der Waals surface area contributed by atoms with Crippen molar-refractivity contribution in [1.29, 1.82) is 5.26 Å². The monoisotopic (exact) mass is 435 g/mol. The molecule has 0 atom stereocenters. The average molecular weight is 435 g/mol. The molecule has 2 rings (SSSR count). The van der Waals surface area contributed by atoms with Crippen LogP contribution in [0, 0.1) is 14.9 Å². The van der Waals surface area contributed by atoms with Gasteiger partial charge in [0.25, 0.3) is 0 Å². The lowest BCUT2D eigenvalue weighted by Crippen LogP contribution is -1.96. The van der Waals surface area contributed by atoms with Crippen molar-refractivity contribution in [2.45, 2.75) is 6.92 Å². The van der Waals surface area contributed by atoms with Crippen LogP contribution in [0.1, 0.15) is 28.4 Å². The van der Waals surface area contributed by atoms with Crippen LogP contribution in [0.15, 0.2) is 36.4 Å². The molecule has 0 radical (unpaired) electrons. The number of carboxylic acids is 1. The predicted octanol–water partition coefficient (Wildman–Crippen LogP) is 4.16. The Morgan fingerprint density at radius 1 is 1.29 bits per heavy atom. The predicted molar refractivity (Wildman–Crippen MR) is 98.9 cm³/mol. The number of aromatic carboxylic acids is 1. The van der Waals surface area contributed by atoms with Gasteiger partial charge in [0.2, 0.25) is 0 Å². The largest absolute Gasteiger partial charge is 0.504 e. The number of benzene rings is 2. The molecule has 2 aromatic rings. The molecule has 0 aliphatic carbocycles. The van der Waals surface area contributed by atoms with Crippen molar-refractivity contribution in [3.8, 4) is 17.6 Å². The van der Waals surface area contributed by atoms with Gasteiger partial charge in [0.1, 0.15) is 0 Å². The minimum absolute atomic E-state index is 0.0684. The second kappa shape index (κ2) is 7.84. The summed E-state index contributed by atoms with van der Waals surface area (Å²) < 4.78 is 6.00. The van der Waals surface area contributed by atoms with Gasteiger partial charge in [-0.3, -0.25) is 0 Å². The molecule has 0 unspecified atom stereocenters.